The van der Waals surface area contributed by atoms with Gasteiger partial charge in [0.25, 0.3) is 0 Å². The van der Waals surface area contributed by atoms with Gasteiger partial charge in [-0.25, -0.2) is 0 Å². The second-order valence-corrected chi connectivity index (χ2v) is 5.97. The van der Waals surface area contributed by atoms with E-state index in [1.54, 1.807) is 0 Å². The smallest absolute Gasteiger partial charge is 0.0233 e. The van der Waals surface area contributed by atoms with E-state index in [1.165, 1.54) is 38.5 Å². The van der Waals surface area contributed by atoms with E-state index in [0.717, 1.165) is 17.8 Å². The summed E-state index contributed by atoms with van der Waals surface area (Å²) in [4.78, 5) is 0. The molecule has 1 fully saturated rings. The minimum Gasteiger partial charge on any atom is -0.412 e. The zero-order valence-electron chi connectivity index (χ0n) is 13.0. The second-order valence-electron chi connectivity index (χ2n) is 5.97. The fraction of sp³-hybridized carbons (Fsp3) is 0.765. The SMILES string of the molecule is C=CC(C)CCC(C)C1CCC(/C=C/C)CC1.O.O. The predicted octanol–water partition coefficient (Wildman–Crippen LogP) is 3.96. The van der Waals surface area contributed by atoms with Crippen LogP contribution in [0.25, 0.3) is 0 Å². The fourth-order valence-corrected chi connectivity index (χ4v) is 3.06. The zero-order valence-corrected chi connectivity index (χ0v) is 13.0. The maximum absolute atomic E-state index is 3.87. The highest BCUT2D eigenvalue weighted by Crippen LogP contribution is 2.36. The van der Waals surface area contributed by atoms with Gasteiger partial charge in [0.1, 0.15) is 0 Å². The third-order valence-corrected chi connectivity index (χ3v) is 4.57. The Kier molecular flexibility index (Phi) is 12.3. The lowest BCUT2D eigenvalue weighted by atomic mass is 9.74. The summed E-state index contributed by atoms with van der Waals surface area (Å²) in [5, 5.41) is 0. The van der Waals surface area contributed by atoms with Gasteiger partial charge < -0.3 is 11.0 Å². The highest BCUT2D eigenvalue weighted by atomic mass is 16.0. The summed E-state index contributed by atoms with van der Waals surface area (Å²) in [5.74, 6) is 3.45. The van der Waals surface area contributed by atoms with E-state index in [9.17, 15) is 0 Å². The molecule has 0 aromatic rings. The van der Waals surface area contributed by atoms with E-state index >= 15 is 0 Å². The molecule has 1 aliphatic rings. The van der Waals surface area contributed by atoms with E-state index < -0.39 is 0 Å². The lowest BCUT2D eigenvalue weighted by Crippen LogP contribution is -2.19. The Morgan fingerprint density at radius 3 is 2.11 bits per heavy atom. The first kappa shape index (κ1) is 20.7. The predicted molar refractivity (Wildman–Crippen MR) is 85.2 cm³/mol. The monoisotopic (exact) mass is 270 g/mol. The second kappa shape index (κ2) is 11.2. The maximum Gasteiger partial charge on any atom is -0.0233 e. The number of rotatable bonds is 6. The van der Waals surface area contributed by atoms with Crippen LogP contribution in [0, 0.1) is 23.7 Å². The number of allylic oxidation sites excluding steroid dienone is 3. The van der Waals surface area contributed by atoms with Crippen molar-refractivity contribution >= 4 is 0 Å². The molecule has 0 radical (unpaired) electrons. The van der Waals surface area contributed by atoms with E-state index in [0.29, 0.717) is 5.92 Å². The van der Waals surface area contributed by atoms with Crippen LogP contribution in [0.2, 0.25) is 0 Å². The van der Waals surface area contributed by atoms with Gasteiger partial charge in [-0.15, -0.1) is 6.58 Å². The summed E-state index contributed by atoms with van der Waals surface area (Å²) in [5.41, 5.74) is 0. The van der Waals surface area contributed by atoms with Crippen molar-refractivity contribution in [2.75, 3.05) is 0 Å². The number of hydrogen-bond acceptors (Lipinski definition) is 0. The van der Waals surface area contributed by atoms with Crippen molar-refractivity contribution < 1.29 is 11.0 Å². The number of hydrogen-bond donors (Lipinski definition) is 0. The van der Waals surface area contributed by atoms with Crippen LogP contribution in [0.15, 0.2) is 24.8 Å². The van der Waals surface area contributed by atoms with Crippen LogP contribution < -0.4 is 0 Å². The first-order valence-corrected chi connectivity index (χ1v) is 7.42. The summed E-state index contributed by atoms with van der Waals surface area (Å²) >= 11 is 0. The van der Waals surface area contributed by atoms with Crippen LogP contribution in [-0.2, 0) is 0 Å². The topological polar surface area (TPSA) is 63.0 Å². The molecule has 1 rings (SSSR count). The van der Waals surface area contributed by atoms with Gasteiger partial charge in [-0.1, -0.05) is 32.1 Å². The van der Waals surface area contributed by atoms with Crippen molar-refractivity contribution in [2.45, 2.75) is 59.3 Å². The van der Waals surface area contributed by atoms with Crippen LogP contribution in [-0.4, -0.2) is 11.0 Å². The summed E-state index contributed by atoms with van der Waals surface area (Å²) < 4.78 is 0. The molecule has 0 aliphatic heterocycles. The van der Waals surface area contributed by atoms with Crippen LogP contribution in [0.3, 0.4) is 0 Å². The Hall–Kier alpha value is -0.600. The molecule has 0 aromatic carbocycles. The fourth-order valence-electron chi connectivity index (χ4n) is 3.06. The van der Waals surface area contributed by atoms with Gasteiger partial charge >= 0.3 is 0 Å². The molecule has 2 heteroatoms. The van der Waals surface area contributed by atoms with Crippen molar-refractivity contribution in [1.82, 2.24) is 0 Å². The van der Waals surface area contributed by atoms with Crippen LogP contribution in [0.4, 0.5) is 0 Å². The molecule has 2 unspecified atom stereocenters. The highest BCUT2D eigenvalue weighted by Gasteiger charge is 2.23. The lowest BCUT2D eigenvalue weighted by Gasteiger charge is -2.31. The van der Waals surface area contributed by atoms with Crippen molar-refractivity contribution in [2.24, 2.45) is 23.7 Å². The summed E-state index contributed by atoms with van der Waals surface area (Å²) in [6, 6.07) is 0. The van der Waals surface area contributed by atoms with Crippen LogP contribution in [0.5, 0.6) is 0 Å². The molecule has 114 valence electrons. The third-order valence-electron chi connectivity index (χ3n) is 4.57. The van der Waals surface area contributed by atoms with Crippen molar-refractivity contribution in [3.05, 3.63) is 24.8 Å². The zero-order chi connectivity index (χ0) is 12.7. The van der Waals surface area contributed by atoms with Gasteiger partial charge in [-0.2, -0.15) is 0 Å². The lowest BCUT2D eigenvalue weighted by molar-refractivity contribution is 0.220. The summed E-state index contributed by atoms with van der Waals surface area (Å²) in [6.45, 7) is 10.8. The first-order chi connectivity index (χ1) is 8.17. The van der Waals surface area contributed by atoms with E-state index in [1.807, 2.05) is 0 Å². The van der Waals surface area contributed by atoms with Gasteiger partial charge in [0.15, 0.2) is 0 Å². The molecular weight excluding hydrogens is 236 g/mol. The standard InChI is InChI=1S/C17H30.2H2O/c1-5-7-16-10-12-17(13-11-16)15(4)9-8-14(3)6-2;;/h5-7,14-17H,2,8-13H2,1,3-4H3;2*1H2/b7-5+;;. The molecule has 0 amide bonds. The van der Waals surface area contributed by atoms with E-state index in [-0.39, 0.29) is 11.0 Å². The van der Waals surface area contributed by atoms with Crippen LogP contribution in [0.1, 0.15) is 59.3 Å². The first-order valence-electron chi connectivity index (χ1n) is 7.42. The minimum atomic E-state index is 0. The molecule has 0 saturated heterocycles. The Labute approximate surface area is 119 Å². The van der Waals surface area contributed by atoms with Crippen molar-refractivity contribution in [3.8, 4) is 0 Å². The Morgan fingerprint density at radius 1 is 1.05 bits per heavy atom. The molecular formula is C17H34O2. The average molecular weight is 270 g/mol. The van der Waals surface area contributed by atoms with Crippen molar-refractivity contribution in [1.29, 1.82) is 0 Å². The molecule has 1 aliphatic carbocycles. The normalized spacial score (nSPS) is 26.1. The van der Waals surface area contributed by atoms with Gasteiger partial charge in [-0.3, -0.25) is 0 Å². The van der Waals surface area contributed by atoms with E-state index in [2.05, 4.69) is 45.6 Å². The Bertz CT molecular complexity index is 240. The third kappa shape index (κ3) is 7.54. The van der Waals surface area contributed by atoms with Gasteiger partial charge in [0.05, 0.1) is 0 Å². The molecule has 4 N–H and O–H groups in total. The average Bonchev–Trinajstić information content (AvgIpc) is 2.36. The summed E-state index contributed by atoms with van der Waals surface area (Å²) in [7, 11) is 0. The molecule has 0 bridgehead atoms. The molecule has 0 aromatic heterocycles. The van der Waals surface area contributed by atoms with Gasteiger partial charge in [0.2, 0.25) is 0 Å². The molecule has 19 heavy (non-hydrogen) atoms. The quantitative estimate of drug-likeness (QED) is 0.656. The Balaban J connectivity index is 0. The molecule has 0 heterocycles. The van der Waals surface area contributed by atoms with Gasteiger partial charge in [0, 0.05) is 0 Å². The summed E-state index contributed by atoms with van der Waals surface area (Å²) in [6.07, 6.45) is 15.1. The Morgan fingerprint density at radius 2 is 1.63 bits per heavy atom. The molecule has 2 nitrogen and oxygen atoms in total. The molecule has 0 spiro atoms. The van der Waals surface area contributed by atoms with E-state index in [4.69, 9.17) is 0 Å². The highest BCUT2D eigenvalue weighted by molar-refractivity contribution is 4.89. The molecule has 1 saturated carbocycles. The minimum absolute atomic E-state index is 0. The molecule has 2 atom stereocenters. The largest absolute Gasteiger partial charge is 0.412 e. The van der Waals surface area contributed by atoms with Crippen LogP contribution >= 0.6 is 0 Å². The van der Waals surface area contributed by atoms with Crippen molar-refractivity contribution in [3.63, 3.8) is 0 Å². The maximum atomic E-state index is 3.87. The van der Waals surface area contributed by atoms with Gasteiger partial charge in [-0.05, 0) is 69.1 Å².